The SMILES string of the molecule is O=S(=O)(OC1=CC2CCC1C2)c1ccc(Br)cc1. The summed E-state index contributed by atoms with van der Waals surface area (Å²) in [4.78, 5) is 0.203. The van der Waals surface area contributed by atoms with Crippen molar-refractivity contribution in [1.82, 2.24) is 0 Å². The van der Waals surface area contributed by atoms with E-state index in [4.69, 9.17) is 4.18 Å². The van der Waals surface area contributed by atoms with Gasteiger partial charge in [-0.1, -0.05) is 15.9 Å². The lowest BCUT2D eigenvalue weighted by Crippen LogP contribution is -2.10. The van der Waals surface area contributed by atoms with E-state index in [9.17, 15) is 8.42 Å². The summed E-state index contributed by atoms with van der Waals surface area (Å²) in [5.41, 5.74) is 0. The molecule has 1 aromatic carbocycles. The molecule has 1 aromatic rings. The van der Waals surface area contributed by atoms with Gasteiger partial charge >= 0.3 is 10.1 Å². The van der Waals surface area contributed by atoms with Crippen LogP contribution in [0, 0.1) is 11.8 Å². The molecule has 0 amide bonds. The van der Waals surface area contributed by atoms with Crippen LogP contribution in [0.25, 0.3) is 0 Å². The Morgan fingerprint density at radius 3 is 2.44 bits per heavy atom. The summed E-state index contributed by atoms with van der Waals surface area (Å²) in [5.74, 6) is 1.47. The summed E-state index contributed by atoms with van der Waals surface area (Å²) in [7, 11) is -3.67. The number of hydrogen-bond donors (Lipinski definition) is 0. The maximum Gasteiger partial charge on any atom is 0.338 e. The Kier molecular flexibility index (Phi) is 2.98. The smallest absolute Gasteiger partial charge is 0.338 e. The first-order valence-corrected chi connectivity index (χ1v) is 8.16. The van der Waals surface area contributed by atoms with Gasteiger partial charge in [-0.25, -0.2) is 0 Å². The number of hydrogen-bond acceptors (Lipinski definition) is 3. The average Bonchev–Trinajstić information content (AvgIpc) is 2.91. The van der Waals surface area contributed by atoms with Gasteiger partial charge < -0.3 is 4.18 Å². The predicted molar refractivity (Wildman–Crippen MR) is 71.3 cm³/mol. The zero-order chi connectivity index (χ0) is 12.8. The standard InChI is InChI=1S/C13H13BrO3S/c14-11-3-5-12(6-4-11)18(15,16)17-13-8-9-1-2-10(13)7-9/h3-6,8-10H,1-2,7H2. The lowest BCUT2D eigenvalue weighted by atomic mass is 10.1. The minimum Gasteiger partial charge on any atom is -0.384 e. The molecule has 18 heavy (non-hydrogen) atoms. The third-order valence-corrected chi connectivity index (χ3v) is 5.37. The third kappa shape index (κ3) is 2.21. The lowest BCUT2D eigenvalue weighted by molar-refractivity contribution is 0.351. The van der Waals surface area contributed by atoms with E-state index in [0.717, 1.165) is 23.7 Å². The zero-order valence-corrected chi connectivity index (χ0v) is 12.1. The first kappa shape index (κ1) is 12.2. The molecule has 0 aliphatic heterocycles. The van der Waals surface area contributed by atoms with Crippen LogP contribution in [0.1, 0.15) is 19.3 Å². The summed E-state index contributed by atoms with van der Waals surface area (Å²) in [6, 6.07) is 6.50. The molecule has 5 heteroatoms. The molecule has 2 unspecified atom stereocenters. The van der Waals surface area contributed by atoms with Crippen LogP contribution in [0.4, 0.5) is 0 Å². The number of rotatable bonds is 3. The Hall–Kier alpha value is -0.810. The number of allylic oxidation sites excluding steroid dienone is 2. The molecule has 1 fully saturated rings. The molecule has 0 aromatic heterocycles. The topological polar surface area (TPSA) is 43.4 Å². The zero-order valence-electron chi connectivity index (χ0n) is 9.67. The van der Waals surface area contributed by atoms with Crippen molar-refractivity contribution in [2.24, 2.45) is 11.8 Å². The Labute approximate surface area is 115 Å². The molecule has 2 aliphatic rings. The largest absolute Gasteiger partial charge is 0.384 e. The molecule has 2 aliphatic carbocycles. The van der Waals surface area contributed by atoms with Gasteiger partial charge in [0.05, 0.1) is 0 Å². The van der Waals surface area contributed by atoms with E-state index in [-0.39, 0.29) is 4.90 Å². The summed E-state index contributed by atoms with van der Waals surface area (Å²) in [6.45, 7) is 0. The molecule has 3 nitrogen and oxygen atoms in total. The van der Waals surface area contributed by atoms with Crippen LogP contribution in [0.2, 0.25) is 0 Å². The highest BCUT2D eigenvalue weighted by molar-refractivity contribution is 9.10. The predicted octanol–water partition coefficient (Wildman–Crippen LogP) is 3.47. The van der Waals surface area contributed by atoms with Crippen LogP contribution in [-0.2, 0) is 14.3 Å². The summed E-state index contributed by atoms with van der Waals surface area (Å²) >= 11 is 3.28. The van der Waals surface area contributed by atoms with Gasteiger partial charge in [0.25, 0.3) is 0 Å². The summed E-state index contributed by atoms with van der Waals surface area (Å²) in [6.07, 6.45) is 5.23. The maximum atomic E-state index is 12.1. The molecule has 2 bridgehead atoms. The second-order valence-electron chi connectivity index (χ2n) is 4.83. The summed E-state index contributed by atoms with van der Waals surface area (Å²) < 4.78 is 30.3. The number of benzene rings is 1. The second-order valence-corrected chi connectivity index (χ2v) is 7.29. The first-order valence-electron chi connectivity index (χ1n) is 5.96. The molecular formula is C13H13BrO3S. The van der Waals surface area contributed by atoms with Gasteiger partial charge in [-0.15, -0.1) is 0 Å². The fourth-order valence-electron chi connectivity index (χ4n) is 2.67. The minimum absolute atomic E-state index is 0.203. The monoisotopic (exact) mass is 328 g/mol. The van der Waals surface area contributed by atoms with Crippen LogP contribution in [-0.4, -0.2) is 8.42 Å². The van der Waals surface area contributed by atoms with Crippen molar-refractivity contribution in [3.63, 3.8) is 0 Å². The van der Waals surface area contributed by atoms with Gasteiger partial charge in [-0.2, -0.15) is 8.42 Å². The maximum absolute atomic E-state index is 12.1. The van der Waals surface area contributed by atoms with E-state index in [0.29, 0.717) is 17.6 Å². The molecule has 2 atom stereocenters. The van der Waals surface area contributed by atoms with Gasteiger partial charge in [-0.3, -0.25) is 0 Å². The first-order chi connectivity index (χ1) is 8.54. The van der Waals surface area contributed by atoms with Gasteiger partial charge in [0.15, 0.2) is 0 Å². The Balaban J connectivity index is 1.83. The van der Waals surface area contributed by atoms with Crippen molar-refractivity contribution in [2.75, 3.05) is 0 Å². The molecule has 0 saturated heterocycles. The van der Waals surface area contributed by atoms with Crippen molar-refractivity contribution in [3.8, 4) is 0 Å². The molecule has 0 spiro atoms. The molecule has 0 heterocycles. The Morgan fingerprint density at radius 2 is 1.89 bits per heavy atom. The molecule has 1 saturated carbocycles. The van der Waals surface area contributed by atoms with Gasteiger partial charge in [-0.05, 0) is 55.5 Å². The van der Waals surface area contributed by atoms with Crippen molar-refractivity contribution < 1.29 is 12.6 Å². The minimum atomic E-state index is -3.67. The van der Waals surface area contributed by atoms with Crippen molar-refractivity contribution in [3.05, 3.63) is 40.6 Å². The van der Waals surface area contributed by atoms with E-state index in [1.807, 2.05) is 6.08 Å². The normalized spacial score (nSPS) is 26.2. The van der Waals surface area contributed by atoms with Crippen molar-refractivity contribution >= 4 is 26.0 Å². The van der Waals surface area contributed by atoms with Gasteiger partial charge in [0.2, 0.25) is 0 Å². The number of halogens is 1. The molecule has 3 rings (SSSR count). The third-order valence-electron chi connectivity index (χ3n) is 3.58. The van der Waals surface area contributed by atoms with Crippen LogP contribution in [0.15, 0.2) is 45.5 Å². The fraction of sp³-hybridized carbons (Fsp3) is 0.385. The fourth-order valence-corrected chi connectivity index (χ4v) is 3.94. The van der Waals surface area contributed by atoms with Gasteiger partial charge in [0, 0.05) is 10.4 Å². The average molecular weight is 329 g/mol. The van der Waals surface area contributed by atoms with Gasteiger partial charge in [0.1, 0.15) is 10.7 Å². The summed E-state index contributed by atoms with van der Waals surface area (Å²) in [5, 5.41) is 0. The van der Waals surface area contributed by atoms with Crippen LogP contribution < -0.4 is 0 Å². The highest BCUT2D eigenvalue weighted by Crippen LogP contribution is 2.44. The van der Waals surface area contributed by atoms with E-state index in [2.05, 4.69) is 15.9 Å². The lowest BCUT2D eigenvalue weighted by Gasteiger charge is -2.14. The Bertz CT molecular complexity index is 589. The second kappa shape index (κ2) is 4.38. The Morgan fingerprint density at radius 1 is 1.17 bits per heavy atom. The van der Waals surface area contributed by atoms with Crippen LogP contribution in [0.3, 0.4) is 0 Å². The van der Waals surface area contributed by atoms with E-state index in [1.54, 1.807) is 24.3 Å². The van der Waals surface area contributed by atoms with Crippen molar-refractivity contribution in [2.45, 2.75) is 24.2 Å². The van der Waals surface area contributed by atoms with Crippen molar-refractivity contribution in [1.29, 1.82) is 0 Å². The highest BCUT2D eigenvalue weighted by atomic mass is 79.9. The van der Waals surface area contributed by atoms with Crippen LogP contribution in [0.5, 0.6) is 0 Å². The molecular weight excluding hydrogens is 316 g/mol. The molecule has 0 radical (unpaired) electrons. The van der Waals surface area contributed by atoms with E-state index in [1.165, 1.54) is 0 Å². The van der Waals surface area contributed by atoms with Crippen LogP contribution >= 0.6 is 15.9 Å². The van der Waals surface area contributed by atoms with E-state index >= 15 is 0 Å². The number of fused-ring (bicyclic) bond motifs is 2. The van der Waals surface area contributed by atoms with E-state index < -0.39 is 10.1 Å². The molecule has 0 N–H and O–H groups in total. The quantitative estimate of drug-likeness (QED) is 0.798. The highest BCUT2D eigenvalue weighted by Gasteiger charge is 2.36. The molecule has 96 valence electrons.